The van der Waals surface area contributed by atoms with Gasteiger partial charge in [0.05, 0.1) is 6.04 Å². The first kappa shape index (κ1) is 9.85. The van der Waals surface area contributed by atoms with Crippen molar-refractivity contribution in [2.24, 2.45) is 4.99 Å². The van der Waals surface area contributed by atoms with Crippen molar-refractivity contribution in [1.82, 2.24) is 10.6 Å². The van der Waals surface area contributed by atoms with Gasteiger partial charge in [0.25, 0.3) is 0 Å². The molecule has 0 saturated carbocycles. The number of aliphatic imine (C=N–C) groups is 1. The predicted octanol–water partition coefficient (Wildman–Crippen LogP) is 0.411. The molecule has 2 rings (SSSR count). The molecule has 0 aliphatic carbocycles. The Kier molecular flexibility index (Phi) is 2.51. The summed E-state index contributed by atoms with van der Waals surface area (Å²) >= 11 is 1.58. The molecule has 1 aliphatic heterocycles. The van der Waals surface area contributed by atoms with Gasteiger partial charge in [-0.2, -0.15) is 11.3 Å². The number of amides is 2. The minimum Gasteiger partial charge on any atom is -0.288 e. The van der Waals surface area contributed by atoms with Crippen LogP contribution in [0.3, 0.4) is 0 Å². The Morgan fingerprint density at radius 2 is 2.00 bits per heavy atom. The van der Waals surface area contributed by atoms with E-state index < -0.39 is 11.8 Å². The molecule has 0 bridgehead atoms. The zero-order chi connectivity index (χ0) is 10.8. The van der Waals surface area contributed by atoms with Crippen LogP contribution in [0.4, 0.5) is 0 Å². The molecule has 5 nitrogen and oxygen atoms in total. The highest BCUT2D eigenvalue weighted by Crippen LogP contribution is 2.19. The van der Waals surface area contributed by atoms with Crippen LogP contribution >= 0.6 is 11.3 Å². The Bertz CT molecular complexity index is 407. The molecule has 1 saturated heterocycles. The quantitative estimate of drug-likeness (QED) is 0.713. The molecule has 1 fully saturated rings. The van der Waals surface area contributed by atoms with E-state index in [0.29, 0.717) is 0 Å². The lowest BCUT2D eigenvalue weighted by atomic mass is 10.2. The Balaban J connectivity index is 2.11. The van der Waals surface area contributed by atoms with Gasteiger partial charge in [-0.05, 0) is 29.3 Å². The van der Waals surface area contributed by atoms with E-state index in [1.807, 2.05) is 23.8 Å². The standard InChI is InChI=1S/C9H9N3O2S/c1-5(6-2-3-15-4-6)10-9-11-7(13)8(14)12-9/h2-5H,1H3,(H2,10,11,12,13,14). The fourth-order valence-electron chi connectivity index (χ4n) is 1.21. The molecule has 1 aromatic heterocycles. The Morgan fingerprint density at radius 3 is 2.53 bits per heavy atom. The van der Waals surface area contributed by atoms with E-state index in [-0.39, 0.29) is 12.0 Å². The molecule has 1 unspecified atom stereocenters. The first-order valence-electron chi connectivity index (χ1n) is 4.39. The number of hydrogen-bond donors (Lipinski definition) is 2. The van der Waals surface area contributed by atoms with Crippen LogP contribution in [-0.4, -0.2) is 17.8 Å². The zero-order valence-corrected chi connectivity index (χ0v) is 8.80. The van der Waals surface area contributed by atoms with Gasteiger partial charge in [0.1, 0.15) is 0 Å². The summed E-state index contributed by atoms with van der Waals surface area (Å²) in [6.45, 7) is 1.89. The van der Waals surface area contributed by atoms with Gasteiger partial charge >= 0.3 is 11.8 Å². The van der Waals surface area contributed by atoms with Crippen LogP contribution < -0.4 is 10.6 Å². The normalized spacial score (nSPS) is 17.3. The molecular formula is C9H9N3O2S. The number of nitrogens with one attached hydrogen (secondary N) is 2. The lowest BCUT2D eigenvalue weighted by Gasteiger charge is -2.04. The van der Waals surface area contributed by atoms with Crippen molar-refractivity contribution >= 4 is 29.1 Å². The number of nitrogens with zero attached hydrogens (tertiary/aromatic N) is 1. The number of carbonyl (C=O) groups excluding carboxylic acids is 2. The van der Waals surface area contributed by atoms with E-state index in [4.69, 9.17) is 0 Å². The second-order valence-corrected chi connectivity index (χ2v) is 3.90. The second-order valence-electron chi connectivity index (χ2n) is 3.12. The highest BCUT2D eigenvalue weighted by Gasteiger charge is 2.25. The van der Waals surface area contributed by atoms with Crippen molar-refractivity contribution in [2.45, 2.75) is 13.0 Å². The van der Waals surface area contributed by atoms with Crippen molar-refractivity contribution < 1.29 is 9.59 Å². The summed E-state index contributed by atoms with van der Waals surface area (Å²) in [5, 5.41) is 8.64. The molecule has 78 valence electrons. The molecular weight excluding hydrogens is 214 g/mol. The van der Waals surface area contributed by atoms with Crippen molar-refractivity contribution in [2.75, 3.05) is 0 Å². The van der Waals surface area contributed by atoms with Gasteiger partial charge < -0.3 is 0 Å². The van der Waals surface area contributed by atoms with Crippen molar-refractivity contribution in [3.05, 3.63) is 22.4 Å². The Morgan fingerprint density at radius 1 is 1.33 bits per heavy atom. The molecule has 2 heterocycles. The first-order chi connectivity index (χ1) is 7.16. The molecule has 2 amide bonds. The number of hydrogen-bond acceptors (Lipinski definition) is 4. The van der Waals surface area contributed by atoms with Gasteiger partial charge in [-0.15, -0.1) is 0 Å². The van der Waals surface area contributed by atoms with Crippen molar-refractivity contribution in [3.63, 3.8) is 0 Å². The molecule has 0 radical (unpaired) electrons. The average Bonchev–Trinajstić information content (AvgIpc) is 2.77. The van der Waals surface area contributed by atoms with E-state index in [2.05, 4.69) is 15.6 Å². The molecule has 1 aromatic rings. The highest BCUT2D eigenvalue weighted by molar-refractivity contribution is 7.07. The SMILES string of the molecule is CC(N=C1NC(=O)C(=O)N1)c1ccsc1. The third-order valence-electron chi connectivity index (χ3n) is 2.02. The molecule has 0 aromatic carbocycles. The van der Waals surface area contributed by atoms with Gasteiger partial charge in [0, 0.05) is 0 Å². The summed E-state index contributed by atoms with van der Waals surface area (Å²) < 4.78 is 0. The minimum absolute atomic E-state index is 0.0788. The zero-order valence-electron chi connectivity index (χ0n) is 7.98. The van der Waals surface area contributed by atoms with Gasteiger partial charge in [-0.25, -0.2) is 4.99 Å². The van der Waals surface area contributed by atoms with E-state index in [9.17, 15) is 9.59 Å². The van der Waals surface area contributed by atoms with Gasteiger partial charge in [-0.3, -0.25) is 20.2 Å². The minimum atomic E-state index is -0.661. The van der Waals surface area contributed by atoms with E-state index in [1.54, 1.807) is 11.3 Å². The molecule has 6 heteroatoms. The number of rotatable bonds is 2. The smallest absolute Gasteiger partial charge is 0.288 e. The lowest BCUT2D eigenvalue weighted by Crippen LogP contribution is -2.26. The third kappa shape index (κ3) is 2.04. The number of guanidine groups is 1. The second kappa shape index (κ2) is 3.82. The van der Waals surface area contributed by atoms with Crippen molar-refractivity contribution in [1.29, 1.82) is 0 Å². The van der Waals surface area contributed by atoms with Crippen molar-refractivity contribution in [3.8, 4) is 0 Å². The van der Waals surface area contributed by atoms with E-state index in [0.717, 1.165) is 5.56 Å². The van der Waals surface area contributed by atoms with Crippen LogP contribution in [0, 0.1) is 0 Å². The first-order valence-corrected chi connectivity index (χ1v) is 5.33. The molecule has 1 atom stereocenters. The van der Waals surface area contributed by atoms with Crippen LogP contribution in [0.5, 0.6) is 0 Å². The molecule has 0 spiro atoms. The summed E-state index contributed by atoms with van der Waals surface area (Å²) in [6, 6.07) is 1.88. The highest BCUT2D eigenvalue weighted by atomic mass is 32.1. The summed E-state index contributed by atoms with van der Waals surface area (Å²) in [4.78, 5) is 25.9. The fourth-order valence-corrected chi connectivity index (χ4v) is 1.95. The lowest BCUT2D eigenvalue weighted by molar-refractivity contribution is -0.135. The Hall–Kier alpha value is -1.69. The van der Waals surface area contributed by atoms with E-state index >= 15 is 0 Å². The number of thiophene rings is 1. The predicted molar refractivity (Wildman–Crippen MR) is 56.5 cm³/mol. The monoisotopic (exact) mass is 223 g/mol. The van der Waals surface area contributed by atoms with Crippen LogP contribution in [0.1, 0.15) is 18.5 Å². The Labute approximate surface area is 90.2 Å². The van der Waals surface area contributed by atoms with Gasteiger partial charge in [0.2, 0.25) is 5.96 Å². The maximum atomic E-state index is 10.9. The third-order valence-corrected chi connectivity index (χ3v) is 2.72. The summed E-state index contributed by atoms with van der Waals surface area (Å²) in [6.07, 6.45) is 0. The van der Waals surface area contributed by atoms with Crippen LogP contribution in [0.2, 0.25) is 0 Å². The summed E-state index contributed by atoms with van der Waals surface area (Å²) in [5.74, 6) is -1.10. The molecule has 1 aliphatic rings. The van der Waals surface area contributed by atoms with Crippen LogP contribution in [-0.2, 0) is 9.59 Å². The van der Waals surface area contributed by atoms with Crippen LogP contribution in [0.25, 0.3) is 0 Å². The summed E-state index contributed by atoms with van der Waals surface area (Å²) in [7, 11) is 0. The van der Waals surface area contributed by atoms with E-state index in [1.165, 1.54) is 0 Å². The maximum Gasteiger partial charge on any atom is 0.316 e. The topological polar surface area (TPSA) is 70.6 Å². The van der Waals surface area contributed by atoms with Gasteiger partial charge in [-0.1, -0.05) is 0 Å². The summed E-state index contributed by atoms with van der Waals surface area (Å²) in [5.41, 5.74) is 1.06. The van der Waals surface area contributed by atoms with Crippen LogP contribution in [0.15, 0.2) is 21.8 Å². The largest absolute Gasteiger partial charge is 0.316 e. The average molecular weight is 223 g/mol. The fraction of sp³-hybridized carbons (Fsp3) is 0.222. The van der Waals surface area contributed by atoms with Gasteiger partial charge in [0.15, 0.2) is 0 Å². The molecule has 2 N–H and O–H groups in total. The number of carbonyl (C=O) groups is 2. The molecule has 15 heavy (non-hydrogen) atoms. The maximum absolute atomic E-state index is 10.9.